The number of hydrogen-bond donors (Lipinski definition) is 1. The maximum absolute atomic E-state index is 12.1. The molecule has 2 saturated heterocycles. The van der Waals surface area contributed by atoms with Gasteiger partial charge in [0, 0.05) is 26.2 Å². The van der Waals surface area contributed by atoms with E-state index in [0.717, 1.165) is 0 Å². The lowest BCUT2D eigenvalue weighted by atomic mass is 9.89. The van der Waals surface area contributed by atoms with E-state index in [1.807, 2.05) is 25.7 Å². The highest BCUT2D eigenvalue weighted by Gasteiger charge is 2.41. The summed E-state index contributed by atoms with van der Waals surface area (Å²) in [4.78, 5) is 26.5. The zero-order valence-electron chi connectivity index (χ0n) is 13.6. The van der Waals surface area contributed by atoms with Gasteiger partial charge < -0.3 is 19.5 Å². The molecule has 22 heavy (non-hydrogen) atoms. The first-order chi connectivity index (χ1) is 10.2. The van der Waals surface area contributed by atoms with Gasteiger partial charge in [0.25, 0.3) is 0 Å². The Balaban J connectivity index is 1.88. The van der Waals surface area contributed by atoms with Crippen molar-refractivity contribution < 1.29 is 24.2 Å². The number of hydrogen-bond acceptors (Lipinski definition) is 5. The van der Waals surface area contributed by atoms with Crippen molar-refractivity contribution in [3.8, 4) is 0 Å². The second-order valence-corrected chi connectivity index (χ2v) is 7.10. The fraction of sp³-hybridized carbons (Fsp3) is 0.867. The first kappa shape index (κ1) is 17.0. The van der Waals surface area contributed by atoms with Crippen LogP contribution in [0.15, 0.2) is 0 Å². The molecule has 0 aromatic carbocycles. The fourth-order valence-corrected chi connectivity index (χ4v) is 2.98. The molecule has 1 amide bonds. The summed E-state index contributed by atoms with van der Waals surface area (Å²) < 4.78 is 11.3. The zero-order valence-corrected chi connectivity index (χ0v) is 13.6. The number of likely N-dealkylation sites (tertiary alicyclic amines) is 1. The molecule has 0 saturated carbocycles. The molecule has 2 aliphatic rings. The molecule has 0 radical (unpaired) electrons. The number of carboxylic acid groups (broad SMARTS) is 1. The predicted octanol–water partition coefficient (Wildman–Crippen LogP) is 1.17. The van der Waals surface area contributed by atoms with Crippen LogP contribution in [0, 0.1) is 0 Å². The van der Waals surface area contributed by atoms with Crippen LogP contribution in [0.25, 0.3) is 0 Å². The van der Waals surface area contributed by atoms with Crippen molar-refractivity contribution in [2.75, 3.05) is 39.3 Å². The van der Waals surface area contributed by atoms with E-state index in [-0.39, 0.29) is 18.2 Å². The third-order valence-corrected chi connectivity index (χ3v) is 4.01. The van der Waals surface area contributed by atoms with Gasteiger partial charge in [-0.3, -0.25) is 9.69 Å². The van der Waals surface area contributed by atoms with Gasteiger partial charge in [-0.05, 0) is 33.6 Å². The Hall–Kier alpha value is -1.34. The smallest absolute Gasteiger partial charge is 0.410 e. The second kappa shape index (κ2) is 6.42. The quantitative estimate of drug-likeness (QED) is 0.824. The number of rotatable bonds is 2. The number of carbonyl (C=O) groups is 2. The molecule has 2 aliphatic heterocycles. The maximum atomic E-state index is 12.1. The standard InChI is InChI=1S/C15H26N2O5/c1-14(2,3)22-13(20)17-6-4-15(5-7-17)11-16(8-9-21-15)10-12(18)19/h4-11H2,1-3H3,(H,18,19). The van der Waals surface area contributed by atoms with Crippen LogP contribution < -0.4 is 0 Å². The Morgan fingerprint density at radius 2 is 1.86 bits per heavy atom. The Bertz CT molecular complexity index is 424. The molecular weight excluding hydrogens is 288 g/mol. The minimum absolute atomic E-state index is 0.0425. The number of piperidine rings is 1. The fourth-order valence-electron chi connectivity index (χ4n) is 2.98. The molecule has 2 heterocycles. The third kappa shape index (κ3) is 4.58. The number of aliphatic carboxylic acids is 1. The van der Waals surface area contributed by atoms with Gasteiger partial charge in [0.05, 0.1) is 18.8 Å². The van der Waals surface area contributed by atoms with Crippen LogP contribution >= 0.6 is 0 Å². The van der Waals surface area contributed by atoms with Crippen molar-refractivity contribution in [2.24, 2.45) is 0 Å². The largest absolute Gasteiger partial charge is 0.480 e. The van der Waals surface area contributed by atoms with Gasteiger partial charge >= 0.3 is 12.1 Å². The Morgan fingerprint density at radius 1 is 1.23 bits per heavy atom. The molecule has 0 atom stereocenters. The molecule has 126 valence electrons. The lowest BCUT2D eigenvalue weighted by molar-refractivity contribution is -0.151. The van der Waals surface area contributed by atoms with Gasteiger partial charge in [0.15, 0.2) is 0 Å². The molecule has 0 unspecified atom stereocenters. The zero-order chi connectivity index (χ0) is 16.4. The average Bonchev–Trinajstić information content (AvgIpc) is 2.36. The molecule has 0 aromatic rings. The van der Waals surface area contributed by atoms with Crippen molar-refractivity contribution in [3.05, 3.63) is 0 Å². The third-order valence-electron chi connectivity index (χ3n) is 4.01. The first-order valence-electron chi connectivity index (χ1n) is 7.75. The Morgan fingerprint density at radius 3 is 2.41 bits per heavy atom. The van der Waals surface area contributed by atoms with Crippen LogP contribution in [-0.4, -0.2) is 77.5 Å². The molecule has 7 heteroatoms. The first-order valence-corrected chi connectivity index (χ1v) is 7.75. The van der Waals surface area contributed by atoms with E-state index in [1.54, 1.807) is 4.90 Å². The highest BCUT2D eigenvalue weighted by molar-refractivity contribution is 5.69. The van der Waals surface area contributed by atoms with Crippen LogP contribution in [0.1, 0.15) is 33.6 Å². The van der Waals surface area contributed by atoms with E-state index in [1.165, 1.54) is 0 Å². The van der Waals surface area contributed by atoms with E-state index in [0.29, 0.717) is 45.6 Å². The summed E-state index contributed by atoms with van der Waals surface area (Å²) in [7, 11) is 0. The molecule has 1 spiro atoms. The lowest BCUT2D eigenvalue weighted by Crippen LogP contribution is -2.58. The molecule has 1 N–H and O–H groups in total. The van der Waals surface area contributed by atoms with Crippen molar-refractivity contribution >= 4 is 12.1 Å². The summed E-state index contributed by atoms with van der Waals surface area (Å²) in [5, 5.41) is 8.92. The van der Waals surface area contributed by atoms with E-state index < -0.39 is 11.6 Å². The molecule has 0 aliphatic carbocycles. The van der Waals surface area contributed by atoms with Gasteiger partial charge in [-0.15, -0.1) is 0 Å². The summed E-state index contributed by atoms with van der Waals surface area (Å²) in [6.07, 6.45) is 1.13. The lowest BCUT2D eigenvalue weighted by Gasteiger charge is -2.46. The van der Waals surface area contributed by atoms with Crippen molar-refractivity contribution in [1.82, 2.24) is 9.80 Å². The molecule has 2 rings (SSSR count). The summed E-state index contributed by atoms with van der Waals surface area (Å²) in [5.74, 6) is -0.816. The second-order valence-electron chi connectivity index (χ2n) is 7.10. The van der Waals surface area contributed by atoms with Crippen molar-refractivity contribution in [1.29, 1.82) is 0 Å². The van der Waals surface area contributed by atoms with Gasteiger partial charge in [-0.25, -0.2) is 4.79 Å². The number of ether oxygens (including phenoxy) is 2. The number of carboxylic acids is 1. The minimum atomic E-state index is -0.816. The minimum Gasteiger partial charge on any atom is -0.480 e. The molecule has 2 fully saturated rings. The van der Waals surface area contributed by atoms with E-state index in [9.17, 15) is 9.59 Å². The van der Waals surface area contributed by atoms with Crippen LogP contribution in [0.2, 0.25) is 0 Å². The molecular formula is C15H26N2O5. The van der Waals surface area contributed by atoms with Crippen molar-refractivity contribution in [3.63, 3.8) is 0 Å². The maximum Gasteiger partial charge on any atom is 0.410 e. The monoisotopic (exact) mass is 314 g/mol. The van der Waals surface area contributed by atoms with E-state index in [2.05, 4.69) is 0 Å². The molecule has 0 aromatic heterocycles. The summed E-state index contributed by atoms with van der Waals surface area (Å²) in [5.41, 5.74) is -0.821. The van der Waals surface area contributed by atoms with Crippen LogP contribution in [0.4, 0.5) is 4.79 Å². The normalized spacial score (nSPS) is 22.6. The van der Waals surface area contributed by atoms with Gasteiger partial charge in [-0.1, -0.05) is 0 Å². The van der Waals surface area contributed by atoms with Crippen LogP contribution in [0.3, 0.4) is 0 Å². The van der Waals surface area contributed by atoms with E-state index in [4.69, 9.17) is 14.6 Å². The number of morpholine rings is 1. The molecule has 0 bridgehead atoms. The average molecular weight is 314 g/mol. The van der Waals surface area contributed by atoms with Gasteiger partial charge in [-0.2, -0.15) is 0 Å². The SMILES string of the molecule is CC(C)(C)OC(=O)N1CCC2(CC1)CN(CC(=O)O)CCO2. The van der Waals surface area contributed by atoms with Crippen LogP contribution in [-0.2, 0) is 14.3 Å². The summed E-state index contributed by atoms with van der Waals surface area (Å²) >= 11 is 0. The summed E-state index contributed by atoms with van der Waals surface area (Å²) in [6.45, 7) is 8.55. The number of amides is 1. The summed E-state index contributed by atoms with van der Waals surface area (Å²) in [6, 6.07) is 0. The van der Waals surface area contributed by atoms with Gasteiger partial charge in [0.1, 0.15) is 5.60 Å². The topological polar surface area (TPSA) is 79.3 Å². The van der Waals surface area contributed by atoms with Gasteiger partial charge in [0.2, 0.25) is 0 Å². The Labute approximate surface area is 131 Å². The van der Waals surface area contributed by atoms with Crippen LogP contribution in [0.5, 0.6) is 0 Å². The number of carbonyl (C=O) groups excluding carboxylic acids is 1. The molecule has 7 nitrogen and oxygen atoms in total. The number of nitrogens with zero attached hydrogens (tertiary/aromatic N) is 2. The van der Waals surface area contributed by atoms with Crippen molar-refractivity contribution in [2.45, 2.75) is 44.8 Å². The van der Waals surface area contributed by atoms with E-state index >= 15 is 0 Å². The highest BCUT2D eigenvalue weighted by atomic mass is 16.6. The predicted molar refractivity (Wildman–Crippen MR) is 79.8 cm³/mol. The Kier molecular flexibility index (Phi) is 4.97. The highest BCUT2D eigenvalue weighted by Crippen LogP contribution is 2.30.